The number of hydrogen-bond acceptors (Lipinski definition) is 5. The molecule has 5 heteroatoms. The van der Waals surface area contributed by atoms with Crippen LogP contribution >= 0.6 is 0 Å². The molecule has 1 unspecified atom stereocenters. The first-order valence-electron chi connectivity index (χ1n) is 6.38. The molecular formula is C13H23N3O2. The molecule has 0 aromatic carbocycles. The molecule has 0 spiro atoms. The third-order valence-corrected chi connectivity index (χ3v) is 2.45. The number of aromatic nitrogens is 2. The molecule has 1 aromatic heterocycles. The summed E-state index contributed by atoms with van der Waals surface area (Å²) in [4.78, 5) is 8.52. The van der Waals surface area contributed by atoms with E-state index in [1.165, 1.54) is 0 Å². The van der Waals surface area contributed by atoms with Crippen LogP contribution in [0.2, 0.25) is 0 Å². The molecule has 102 valence electrons. The van der Waals surface area contributed by atoms with E-state index in [0.29, 0.717) is 12.5 Å². The van der Waals surface area contributed by atoms with Gasteiger partial charge in [-0.1, -0.05) is 6.92 Å². The summed E-state index contributed by atoms with van der Waals surface area (Å²) < 4.78 is 10.9. The number of methoxy groups -OCH3 is 1. The van der Waals surface area contributed by atoms with Crippen LogP contribution in [-0.2, 0) is 4.74 Å². The Labute approximate surface area is 109 Å². The molecule has 0 radical (unpaired) electrons. The average molecular weight is 253 g/mol. The maximum Gasteiger partial charge on any atom is 0.237 e. The van der Waals surface area contributed by atoms with Gasteiger partial charge in [0.1, 0.15) is 5.69 Å². The van der Waals surface area contributed by atoms with E-state index < -0.39 is 0 Å². The van der Waals surface area contributed by atoms with Crippen molar-refractivity contribution in [2.75, 3.05) is 20.3 Å². The van der Waals surface area contributed by atoms with Crippen LogP contribution in [0.25, 0.3) is 0 Å². The van der Waals surface area contributed by atoms with E-state index in [9.17, 15) is 0 Å². The molecule has 1 heterocycles. The van der Waals surface area contributed by atoms with Crippen molar-refractivity contribution in [1.29, 1.82) is 0 Å². The normalized spacial score (nSPS) is 12.7. The molecule has 18 heavy (non-hydrogen) atoms. The van der Waals surface area contributed by atoms with Crippen molar-refractivity contribution in [2.45, 2.75) is 39.3 Å². The van der Waals surface area contributed by atoms with Crippen molar-refractivity contribution in [1.82, 2.24) is 15.3 Å². The lowest BCUT2D eigenvalue weighted by Gasteiger charge is -2.20. The molecule has 5 nitrogen and oxygen atoms in total. The van der Waals surface area contributed by atoms with Crippen molar-refractivity contribution >= 4 is 0 Å². The Morgan fingerprint density at radius 1 is 1.28 bits per heavy atom. The van der Waals surface area contributed by atoms with E-state index >= 15 is 0 Å². The Hall–Kier alpha value is -1.20. The summed E-state index contributed by atoms with van der Waals surface area (Å²) in [6.45, 7) is 7.63. The van der Waals surface area contributed by atoms with Gasteiger partial charge in [0.05, 0.1) is 25.9 Å². The van der Waals surface area contributed by atoms with Crippen LogP contribution in [0.1, 0.15) is 38.9 Å². The molecular weight excluding hydrogens is 230 g/mol. The summed E-state index contributed by atoms with van der Waals surface area (Å²) in [7, 11) is 1.60. The first-order chi connectivity index (χ1) is 8.69. The van der Waals surface area contributed by atoms with Crippen LogP contribution in [0.15, 0.2) is 12.4 Å². The minimum atomic E-state index is 0.0102. The minimum absolute atomic E-state index is 0.0102. The fourth-order valence-corrected chi connectivity index (χ4v) is 1.57. The standard InChI is InChI=1S/C13H23N3O2/c1-5-6-14-11(9-18-10(2)3)12-13(17-4)16-8-7-15-12/h7-8,10-11,14H,5-6,9H2,1-4H3. The second-order valence-electron chi connectivity index (χ2n) is 4.34. The Bertz CT molecular complexity index is 345. The molecule has 0 saturated carbocycles. The third-order valence-electron chi connectivity index (χ3n) is 2.45. The average Bonchev–Trinajstić information content (AvgIpc) is 2.38. The van der Waals surface area contributed by atoms with Gasteiger partial charge in [0.15, 0.2) is 0 Å². The van der Waals surface area contributed by atoms with E-state index in [1.54, 1.807) is 19.5 Å². The van der Waals surface area contributed by atoms with Gasteiger partial charge in [-0.15, -0.1) is 0 Å². The zero-order chi connectivity index (χ0) is 13.4. The lowest BCUT2D eigenvalue weighted by molar-refractivity contribution is 0.0596. The molecule has 1 rings (SSSR count). The lowest BCUT2D eigenvalue weighted by Crippen LogP contribution is -2.28. The maximum atomic E-state index is 5.67. The topological polar surface area (TPSA) is 56.3 Å². The fraction of sp³-hybridized carbons (Fsp3) is 0.692. The molecule has 0 saturated heterocycles. The number of nitrogens with zero attached hydrogens (tertiary/aromatic N) is 2. The van der Waals surface area contributed by atoms with Crippen molar-refractivity contribution in [3.63, 3.8) is 0 Å². The Morgan fingerprint density at radius 3 is 2.61 bits per heavy atom. The minimum Gasteiger partial charge on any atom is -0.480 e. The molecule has 1 atom stereocenters. The second-order valence-corrected chi connectivity index (χ2v) is 4.34. The third kappa shape index (κ3) is 4.58. The zero-order valence-electron chi connectivity index (χ0n) is 11.6. The summed E-state index contributed by atoms with van der Waals surface area (Å²) in [5.74, 6) is 0.554. The van der Waals surface area contributed by atoms with Crippen LogP contribution < -0.4 is 10.1 Å². The largest absolute Gasteiger partial charge is 0.480 e. The van der Waals surface area contributed by atoms with Crippen LogP contribution in [0.3, 0.4) is 0 Å². The smallest absolute Gasteiger partial charge is 0.237 e. The van der Waals surface area contributed by atoms with Gasteiger partial charge in [-0.05, 0) is 26.8 Å². The quantitative estimate of drug-likeness (QED) is 0.767. The SMILES string of the molecule is CCCNC(COC(C)C)c1nccnc1OC. The van der Waals surface area contributed by atoms with Gasteiger partial charge >= 0.3 is 0 Å². The number of rotatable bonds is 8. The van der Waals surface area contributed by atoms with E-state index in [-0.39, 0.29) is 12.1 Å². The Kier molecular flexibility index (Phi) is 6.60. The fourth-order valence-electron chi connectivity index (χ4n) is 1.57. The van der Waals surface area contributed by atoms with Gasteiger partial charge in [-0.3, -0.25) is 4.98 Å². The maximum absolute atomic E-state index is 5.67. The molecule has 0 amide bonds. The highest BCUT2D eigenvalue weighted by Crippen LogP contribution is 2.20. The van der Waals surface area contributed by atoms with E-state index in [4.69, 9.17) is 9.47 Å². The van der Waals surface area contributed by atoms with Crippen molar-refractivity contribution < 1.29 is 9.47 Å². The molecule has 0 aliphatic rings. The summed E-state index contributed by atoms with van der Waals surface area (Å²) >= 11 is 0. The zero-order valence-corrected chi connectivity index (χ0v) is 11.6. The van der Waals surface area contributed by atoms with Gasteiger partial charge in [0.25, 0.3) is 0 Å². The molecule has 0 bridgehead atoms. The molecule has 0 aliphatic heterocycles. The molecule has 0 aliphatic carbocycles. The predicted octanol–water partition coefficient (Wildman–Crippen LogP) is 1.95. The van der Waals surface area contributed by atoms with Gasteiger partial charge in [-0.2, -0.15) is 0 Å². The highest BCUT2D eigenvalue weighted by molar-refractivity contribution is 5.21. The number of hydrogen-bond donors (Lipinski definition) is 1. The van der Waals surface area contributed by atoms with Crippen LogP contribution in [0, 0.1) is 0 Å². The predicted molar refractivity (Wildman–Crippen MR) is 70.7 cm³/mol. The summed E-state index contributed by atoms with van der Waals surface area (Å²) in [5, 5.41) is 3.41. The summed E-state index contributed by atoms with van der Waals surface area (Å²) in [5.41, 5.74) is 0.800. The highest BCUT2D eigenvalue weighted by Gasteiger charge is 2.18. The first-order valence-corrected chi connectivity index (χ1v) is 6.38. The summed E-state index contributed by atoms with van der Waals surface area (Å²) in [6.07, 6.45) is 4.55. The van der Waals surface area contributed by atoms with Crippen molar-refractivity contribution in [3.05, 3.63) is 18.1 Å². The summed E-state index contributed by atoms with van der Waals surface area (Å²) in [6, 6.07) is 0.0102. The van der Waals surface area contributed by atoms with E-state index in [1.807, 2.05) is 13.8 Å². The van der Waals surface area contributed by atoms with Gasteiger partial charge in [-0.25, -0.2) is 4.98 Å². The highest BCUT2D eigenvalue weighted by atomic mass is 16.5. The molecule has 0 fully saturated rings. The monoisotopic (exact) mass is 253 g/mol. The van der Waals surface area contributed by atoms with Gasteiger partial charge < -0.3 is 14.8 Å². The first kappa shape index (κ1) is 14.9. The van der Waals surface area contributed by atoms with Gasteiger partial charge in [0.2, 0.25) is 5.88 Å². The Balaban J connectivity index is 2.79. The lowest BCUT2D eigenvalue weighted by atomic mass is 10.2. The van der Waals surface area contributed by atoms with Crippen LogP contribution in [0.5, 0.6) is 5.88 Å². The van der Waals surface area contributed by atoms with Crippen molar-refractivity contribution in [2.24, 2.45) is 0 Å². The molecule has 1 N–H and O–H groups in total. The van der Waals surface area contributed by atoms with Gasteiger partial charge in [0, 0.05) is 12.4 Å². The molecule has 1 aromatic rings. The Morgan fingerprint density at radius 2 is 2.00 bits per heavy atom. The number of nitrogens with one attached hydrogen (secondary N) is 1. The van der Waals surface area contributed by atoms with Crippen LogP contribution in [-0.4, -0.2) is 36.3 Å². The van der Waals surface area contributed by atoms with E-state index in [0.717, 1.165) is 18.7 Å². The van der Waals surface area contributed by atoms with E-state index in [2.05, 4.69) is 22.2 Å². The van der Waals surface area contributed by atoms with Crippen molar-refractivity contribution in [3.8, 4) is 5.88 Å². The van der Waals surface area contributed by atoms with Crippen LogP contribution in [0.4, 0.5) is 0 Å². The second kappa shape index (κ2) is 8.00. The number of ether oxygens (including phenoxy) is 2.